The van der Waals surface area contributed by atoms with Crippen LogP contribution in [-0.2, 0) is 0 Å². The number of hydrogen-bond donors (Lipinski definition) is 1. The van der Waals surface area contributed by atoms with Crippen LogP contribution in [-0.4, -0.2) is 24.5 Å². The highest BCUT2D eigenvalue weighted by molar-refractivity contribution is 5.34. The summed E-state index contributed by atoms with van der Waals surface area (Å²) in [7, 11) is 1.96. The maximum Gasteiger partial charge on any atom is 0.0979 e. The maximum atomic E-state index is 8.56. The van der Waals surface area contributed by atoms with Crippen molar-refractivity contribution >= 4 is 0 Å². The maximum absolute atomic E-state index is 8.56. The standard InChI is InChI=1S/C7H11N3/c1-5-7(9)6(3-8)4-10(5)2/h5H,4,9H2,1-2H3. The van der Waals surface area contributed by atoms with Gasteiger partial charge < -0.3 is 5.73 Å². The van der Waals surface area contributed by atoms with Gasteiger partial charge in [0.2, 0.25) is 0 Å². The number of likely N-dealkylation sites (N-methyl/N-ethyl adjacent to an activating group) is 1. The Kier molecular flexibility index (Phi) is 1.64. The van der Waals surface area contributed by atoms with E-state index in [0.29, 0.717) is 6.54 Å². The summed E-state index contributed by atoms with van der Waals surface area (Å²) in [6.07, 6.45) is 0. The molecule has 2 N–H and O–H groups in total. The van der Waals surface area contributed by atoms with Crippen molar-refractivity contribution in [1.29, 1.82) is 5.26 Å². The van der Waals surface area contributed by atoms with Crippen molar-refractivity contribution in [2.45, 2.75) is 13.0 Å². The smallest absolute Gasteiger partial charge is 0.0979 e. The molecule has 0 aromatic carbocycles. The number of rotatable bonds is 0. The quantitative estimate of drug-likeness (QED) is 0.513. The molecule has 1 rings (SSSR count). The molecule has 1 heterocycles. The fraction of sp³-hybridized carbons (Fsp3) is 0.571. The second kappa shape index (κ2) is 2.31. The minimum Gasteiger partial charge on any atom is -0.400 e. The fourth-order valence-electron chi connectivity index (χ4n) is 1.07. The SMILES string of the molecule is CC1C(N)=C(C#N)CN1C. The van der Waals surface area contributed by atoms with Gasteiger partial charge in [-0.15, -0.1) is 0 Å². The van der Waals surface area contributed by atoms with Crippen molar-refractivity contribution in [3.05, 3.63) is 11.3 Å². The summed E-state index contributed by atoms with van der Waals surface area (Å²) in [5.74, 6) is 0. The average molecular weight is 137 g/mol. The molecular formula is C7H11N3. The number of nitriles is 1. The Labute approximate surface area is 60.7 Å². The molecular weight excluding hydrogens is 126 g/mol. The first-order chi connectivity index (χ1) is 4.66. The molecule has 0 amide bonds. The Balaban J connectivity index is 2.86. The zero-order valence-corrected chi connectivity index (χ0v) is 6.26. The van der Waals surface area contributed by atoms with Crippen LogP contribution in [0.1, 0.15) is 6.92 Å². The summed E-state index contributed by atoms with van der Waals surface area (Å²) in [5.41, 5.74) is 7.08. The summed E-state index contributed by atoms with van der Waals surface area (Å²) in [5, 5.41) is 8.56. The van der Waals surface area contributed by atoms with Crippen LogP contribution in [0.25, 0.3) is 0 Å². The summed E-state index contributed by atoms with van der Waals surface area (Å²) < 4.78 is 0. The predicted molar refractivity (Wildman–Crippen MR) is 38.9 cm³/mol. The molecule has 0 fully saturated rings. The molecule has 0 aliphatic carbocycles. The topological polar surface area (TPSA) is 53.1 Å². The molecule has 0 saturated heterocycles. The van der Waals surface area contributed by atoms with Crippen LogP contribution < -0.4 is 5.73 Å². The van der Waals surface area contributed by atoms with Crippen molar-refractivity contribution in [3.8, 4) is 6.07 Å². The van der Waals surface area contributed by atoms with E-state index in [0.717, 1.165) is 11.3 Å². The van der Waals surface area contributed by atoms with E-state index in [1.165, 1.54) is 0 Å². The Hall–Kier alpha value is -1.01. The van der Waals surface area contributed by atoms with Crippen LogP contribution in [0, 0.1) is 11.3 Å². The van der Waals surface area contributed by atoms with Crippen molar-refractivity contribution in [3.63, 3.8) is 0 Å². The Morgan fingerprint density at radius 2 is 2.40 bits per heavy atom. The predicted octanol–water partition coefficient (Wildman–Crippen LogP) is 0.0567. The summed E-state index contributed by atoms with van der Waals surface area (Å²) in [6.45, 7) is 2.70. The Bertz CT molecular complexity index is 211. The molecule has 54 valence electrons. The molecule has 1 aliphatic heterocycles. The van der Waals surface area contributed by atoms with Gasteiger partial charge in [0, 0.05) is 18.3 Å². The lowest BCUT2D eigenvalue weighted by molar-refractivity contribution is 0.341. The fourth-order valence-corrected chi connectivity index (χ4v) is 1.07. The van der Waals surface area contributed by atoms with Crippen molar-refractivity contribution in [2.24, 2.45) is 5.73 Å². The van der Waals surface area contributed by atoms with Crippen molar-refractivity contribution in [2.75, 3.05) is 13.6 Å². The van der Waals surface area contributed by atoms with Crippen molar-refractivity contribution in [1.82, 2.24) is 4.90 Å². The van der Waals surface area contributed by atoms with E-state index in [1.807, 2.05) is 18.9 Å². The molecule has 3 heteroatoms. The normalized spacial score (nSPS) is 27.1. The van der Waals surface area contributed by atoms with Crippen LogP contribution in [0.5, 0.6) is 0 Å². The van der Waals surface area contributed by atoms with Gasteiger partial charge in [-0.25, -0.2) is 0 Å². The van der Waals surface area contributed by atoms with Gasteiger partial charge >= 0.3 is 0 Å². The third-order valence-electron chi connectivity index (χ3n) is 2.00. The number of nitrogens with two attached hydrogens (primary N) is 1. The van der Waals surface area contributed by atoms with Crippen LogP contribution in [0.15, 0.2) is 11.3 Å². The number of nitrogens with zero attached hydrogens (tertiary/aromatic N) is 2. The first kappa shape index (κ1) is 7.10. The molecule has 0 aromatic heterocycles. The van der Waals surface area contributed by atoms with E-state index in [2.05, 4.69) is 6.07 Å². The molecule has 0 radical (unpaired) electrons. The zero-order valence-electron chi connectivity index (χ0n) is 6.26. The molecule has 0 spiro atoms. The monoisotopic (exact) mass is 137 g/mol. The Morgan fingerprint density at radius 3 is 2.60 bits per heavy atom. The molecule has 0 aromatic rings. The highest BCUT2D eigenvalue weighted by Crippen LogP contribution is 2.17. The van der Waals surface area contributed by atoms with E-state index in [9.17, 15) is 0 Å². The second-order valence-electron chi connectivity index (χ2n) is 2.64. The van der Waals surface area contributed by atoms with Gasteiger partial charge in [-0.05, 0) is 14.0 Å². The van der Waals surface area contributed by atoms with E-state index in [-0.39, 0.29) is 6.04 Å². The highest BCUT2D eigenvalue weighted by Gasteiger charge is 2.23. The zero-order chi connectivity index (χ0) is 7.72. The molecule has 0 saturated carbocycles. The summed E-state index contributed by atoms with van der Waals surface area (Å²) in [4.78, 5) is 2.05. The van der Waals surface area contributed by atoms with Gasteiger partial charge in [-0.1, -0.05) is 0 Å². The van der Waals surface area contributed by atoms with Gasteiger partial charge in [0.05, 0.1) is 11.6 Å². The molecule has 3 nitrogen and oxygen atoms in total. The van der Waals surface area contributed by atoms with E-state index >= 15 is 0 Å². The van der Waals surface area contributed by atoms with Crippen LogP contribution >= 0.6 is 0 Å². The minimum absolute atomic E-state index is 0.231. The Morgan fingerprint density at radius 1 is 1.80 bits per heavy atom. The first-order valence-electron chi connectivity index (χ1n) is 3.25. The summed E-state index contributed by atoms with van der Waals surface area (Å²) in [6, 6.07) is 2.32. The second-order valence-corrected chi connectivity index (χ2v) is 2.64. The van der Waals surface area contributed by atoms with E-state index in [1.54, 1.807) is 0 Å². The lowest BCUT2D eigenvalue weighted by Gasteiger charge is -2.14. The minimum atomic E-state index is 0.231. The highest BCUT2D eigenvalue weighted by atomic mass is 15.2. The van der Waals surface area contributed by atoms with Crippen LogP contribution in [0.4, 0.5) is 0 Å². The van der Waals surface area contributed by atoms with E-state index < -0.39 is 0 Å². The van der Waals surface area contributed by atoms with Gasteiger partial charge in [-0.3, -0.25) is 4.90 Å². The van der Waals surface area contributed by atoms with Gasteiger partial charge in [-0.2, -0.15) is 5.26 Å². The van der Waals surface area contributed by atoms with Gasteiger partial charge in [0.1, 0.15) is 0 Å². The third kappa shape index (κ3) is 0.869. The lowest BCUT2D eigenvalue weighted by atomic mass is 10.2. The molecule has 1 atom stereocenters. The molecule has 1 unspecified atom stereocenters. The summed E-state index contributed by atoms with van der Waals surface area (Å²) >= 11 is 0. The third-order valence-corrected chi connectivity index (χ3v) is 2.00. The van der Waals surface area contributed by atoms with Crippen LogP contribution in [0.2, 0.25) is 0 Å². The van der Waals surface area contributed by atoms with Gasteiger partial charge in [0.25, 0.3) is 0 Å². The lowest BCUT2D eigenvalue weighted by Crippen LogP contribution is -2.26. The van der Waals surface area contributed by atoms with Crippen molar-refractivity contribution < 1.29 is 0 Å². The van der Waals surface area contributed by atoms with Crippen LogP contribution in [0.3, 0.4) is 0 Å². The molecule has 1 aliphatic rings. The number of hydrogen-bond acceptors (Lipinski definition) is 3. The van der Waals surface area contributed by atoms with E-state index in [4.69, 9.17) is 11.0 Å². The molecule has 10 heavy (non-hydrogen) atoms. The van der Waals surface area contributed by atoms with Gasteiger partial charge in [0.15, 0.2) is 0 Å². The first-order valence-corrected chi connectivity index (χ1v) is 3.25. The largest absolute Gasteiger partial charge is 0.400 e. The average Bonchev–Trinajstić information content (AvgIpc) is 2.17. The molecule has 0 bridgehead atoms.